The van der Waals surface area contributed by atoms with Gasteiger partial charge in [0.1, 0.15) is 5.71 Å². The summed E-state index contributed by atoms with van der Waals surface area (Å²) in [6, 6.07) is 0. The van der Waals surface area contributed by atoms with E-state index in [2.05, 4.69) is 28.0 Å². The van der Waals surface area contributed by atoms with Crippen molar-refractivity contribution in [1.29, 1.82) is 0 Å². The number of nitrogens with zero attached hydrogens (tertiary/aromatic N) is 2. The maximum Gasteiger partial charge on any atom is 0.155 e. The van der Waals surface area contributed by atoms with Crippen molar-refractivity contribution in [3.63, 3.8) is 0 Å². The van der Waals surface area contributed by atoms with Crippen LogP contribution in [0.4, 0.5) is 0 Å². The van der Waals surface area contributed by atoms with E-state index in [0.717, 1.165) is 24.5 Å². The molecule has 0 amide bonds. The molecule has 0 saturated heterocycles. The van der Waals surface area contributed by atoms with Gasteiger partial charge in [0.05, 0.1) is 6.54 Å². The number of rotatable bonds is 2. The SMILES string of the molecule is CC.CCC1=CC(c2ncc[nH]2)=NC1. The summed E-state index contributed by atoms with van der Waals surface area (Å²) in [5.74, 6) is 0.874. The molecule has 76 valence electrons. The summed E-state index contributed by atoms with van der Waals surface area (Å²) < 4.78 is 0. The highest BCUT2D eigenvalue weighted by atomic mass is 14.9. The molecule has 3 heteroatoms. The molecule has 0 bridgehead atoms. The van der Waals surface area contributed by atoms with E-state index in [1.165, 1.54) is 5.57 Å². The normalized spacial score (nSPS) is 14.2. The van der Waals surface area contributed by atoms with Gasteiger partial charge in [0, 0.05) is 12.4 Å². The number of nitrogens with one attached hydrogen (secondary N) is 1. The third kappa shape index (κ3) is 2.31. The predicted octanol–water partition coefficient (Wildman–Crippen LogP) is 2.58. The Morgan fingerprint density at radius 1 is 1.43 bits per heavy atom. The molecule has 0 spiro atoms. The molecule has 0 saturated carbocycles. The molecule has 0 fully saturated rings. The molecule has 0 aromatic carbocycles. The lowest BCUT2D eigenvalue weighted by Gasteiger charge is -1.89. The van der Waals surface area contributed by atoms with Crippen LogP contribution in [-0.4, -0.2) is 22.2 Å². The minimum absolute atomic E-state index is 0.840. The van der Waals surface area contributed by atoms with Crippen molar-refractivity contribution in [2.45, 2.75) is 27.2 Å². The van der Waals surface area contributed by atoms with Gasteiger partial charge in [0.25, 0.3) is 0 Å². The van der Waals surface area contributed by atoms with Gasteiger partial charge in [0.2, 0.25) is 0 Å². The molecule has 0 atom stereocenters. The van der Waals surface area contributed by atoms with Crippen LogP contribution < -0.4 is 0 Å². The third-order valence-electron chi connectivity index (χ3n) is 1.99. The quantitative estimate of drug-likeness (QED) is 0.767. The van der Waals surface area contributed by atoms with Crippen molar-refractivity contribution in [3.05, 3.63) is 29.9 Å². The number of imidazole rings is 1. The van der Waals surface area contributed by atoms with Crippen molar-refractivity contribution in [1.82, 2.24) is 9.97 Å². The highest BCUT2D eigenvalue weighted by molar-refractivity contribution is 6.07. The topological polar surface area (TPSA) is 41.0 Å². The van der Waals surface area contributed by atoms with Crippen LogP contribution >= 0.6 is 0 Å². The van der Waals surface area contributed by atoms with Gasteiger partial charge < -0.3 is 4.98 Å². The zero-order chi connectivity index (χ0) is 10.4. The summed E-state index contributed by atoms with van der Waals surface area (Å²) in [7, 11) is 0. The average molecular weight is 191 g/mol. The summed E-state index contributed by atoms with van der Waals surface area (Å²) in [6.07, 6.45) is 6.75. The van der Waals surface area contributed by atoms with Gasteiger partial charge in [0.15, 0.2) is 5.82 Å². The molecule has 14 heavy (non-hydrogen) atoms. The second-order valence-corrected chi connectivity index (χ2v) is 2.80. The van der Waals surface area contributed by atoms with Gasteiger partial charge in [-0.25, -0.2) is 4.98 Å². The van der Waals surface area contributed by atoms with Gasteiger partial charge in [-0.3, -0.25) is 4.99 Å². The van der Waals surface area contributed by atoms with E-state index in [0.29, 0.717) is 0 Å². The number of aromatic amines is 1. The van der Waals surface area contributed by atoms with E-state index >= 15 is 0 Å². The Morgan fingerprint density at radius 3 is 2.71 bits per heavy atom. The van der Waals surface area contributed by atoms with Gasteiger partial charge >= 0.3 is 0 Å². The highest BCUT2D eigenvalue weighted by Gasteiger charge is 2.09. The monoisotopic (exact) mass is 191 g/mol. The number of allylic oxidation sites excluding steroid dienone is 1. The fourth-order valence-corrected chi connectivity index (χ4v) is 1.23. The molecule has 2 rings (SSSR count). The zero-order valence-corrected chi connectivity index (χ0v) is 9.04. The maximum absolute atomic E-state index is 4.36. The Labute approximate surface area is 85.0 Å². The van der Waals surface area contributed by atoms with Crippen LogP contribution in [0.1, 0.15) is 33.0 Å². The first-order valence-electron chi connectivity index (χ1n) is 5.14. The first-order valence-corrected chi connectivity index (χ1v) is 5.14. The highest BCUT2D eigenvalue weighted by Crippen LogP contribution is 2.11. The van der Waals surface area contributed by atoms with Crippen LogP contribution in [0.25, 0.3) is 0 Å². The van der Waals surface area contributed by atoms with Crippen molar-refractivity contribution >= 4 is 5.71 Å². The van der Waals surface area contributed by atoms with E-state index < -0.39 is 0 Å². The maximum atomic E-state index is 4.36. The Morgan fingerprint density at radius 2 is 2.21 bits per heavy atom. The molecule has 0 radical (unpaired) electrons. The lowest BCUT2D eigenvalue weighted by molar-refractivity contribution is 1.03. The van der Waals surface area contributed by atoms with Gasteiger partial charge in [-0.1, -0.05) is 20.8 Å². The standard InChI is InChI=1S/C9H11N3.C2H6/c1-2-7-5-8(12-6-7)9-10-3-4-11-9;1-2/h3-5H,2,6H2,1H3,(H,10,11);1-2H3. The van der Waals surface area contributed by atoms with Crippen LogP contribution in [-0.2, 0) is 0 Å². The fourth-order valence-electron chi connectivity index (χ4n) is 1.23. The summed E-state index contributed by atoms with van der Waals surface area (Å²) >= 11 is 0. The first-order chi connectivity index (χ1) is 6.90. The number of hydrogen-bond donors (Lipinski definition) is 1. The van der Waals surface area contributed by atoms with E-state index in [9.17, 15) is 0 Å². The minimum atomic E-state index is 0.840. The zero-order valence-electron chi connectivity index (χ0n) is 9.04. The van der Waals surface area contributed by atoms with Gasteiger partial charge in [-0.15, -0.1) is 0 Å². The molecular weight excluding hydrogens is 174 g/mol. The number of hydrogen-bond acceptors (Lipinski definition) is 2. The molecule has 1 aliphatic rings. The van der Waals surface area contributed by atoms with Crippen LogP contribution in [0.15, 0.2) is 29.0 Å². The van der Waals surface area contributed by atoms with Gasteiger partial charge in [-0.05, 0) is 18.1 Å². The Balaban J connectivity index is 0.000000461. The van der Waals surface area contributed by atoms with Crippen molar-refractivity contribution in [2.75, 3.05) is 6.54 Å². The molecular formula is C11H17N3. The molecule has 1 aromatic heterocycles. The summed E-state index contributed by atoms with van der Waals surface area (Å²) in [6.45, 7) is 6.99. The minimum Gasteiger partial charge on any atom is -0.343 e. The van der Waals surface area contributed by atoms with E-state index in [1.54, 1.807) is 6.20 Å². The Bertz CT molecular complexity index is 320. The first kappa shape index (κ1) is 10.7. The van der Waals surface area contributed by atoms with Crippen molar-refractivity contribution in [3.8, 4) is 0 Å². The predicted molar refractivity (Wildman–Crippen MR) is 59.7 cm³/mol. The number of H-pyrrole nitrogens is 1. The van der Waals surface area contributed by atoms with Crippen molar-refractivity contribution < 1.29 is 0 Å². The molecule has 1 aromatic rings. The summed E-state index contributed by atoms with van der Waals surface area (Å²) in [4.78, 5) is 11.5. The Hall–Kier alpha value is -1.38. The molecule has 2 heterocycles. The van der Waals surface area contributed by atoms with E-state index in [1.807, 2.05) is 20.0 Å². The van der Waals surface area contributed by atoms with Crippen molar-refractivity contribution in [2.24, 2.45) is 4.99 Å². The summed E-state index contributed by atoms with van der Waals surface area (Å²) in [5.41, 5.74) is 2.36. The average Bonchev–Trinajstić information content (AvgIpc) is 2.91. The van der Waals surface area contributed by atoms with Crippen LogP contribution in [0.3, 0.4) is 0 Å². The van der Waals surface area contributed by atoms with Crippen LogP contribution in [0.2, 0.25) is 0 Å². The van der Waals surface area contributed by atoms with Crippen LogP contribution in [0, 0.1) is 0 Å². The van der Waals surface area contributed by atoms with E-state index in [-0.39, 0.29) is 0 Å². The second kappa shape index (κ2) is 5.37. The molecule has 1 N–H and O–H groups in total. The second-order valence-electron chi connectivity index (χ2n) is 2.80. The smallest absolute Gasteiger partial charge is 0.155 e. The number of aliphatic imine (C=N–C) groups is 1. The van der Waals surface area contributed by atoms with E-state index in [4.69, 9.17) is 0 Å². The molecule has 0 unspecified atom stereocenters. The molecule has 1 aliphatic heterocycles. The fraction of sp³-hybridized carbons (Fsp3) is 0.455. The largest absolute Gasteiger partial charge is 0.343 e. The van der Waals surface area contributed by atoms with Gasteiger partial charge in [-0.2, -0.15) is 0 Å². The Kier molecular flexibility index (Phi) is 4.11. The third-order valence-corrected chi connectivity index (χ3v) is 1.99. The molecule has 0 aliphatic carbocycles. The lowest BCUT2D eigenvalue weighted by atomic mass is 10.2. The lowest BCUT2D eigenvalue weighted by Crippen LogP contribution is -1.96. The van der Waals surface area contributed by atoms with Crippen LogP contribution in [0.5, 0.6) is 0 Å². The summed E-state index contributed by atoms with van der Waals surface area (Å²) in [5, 5.41) is 0. The molecule has 3 nitrogen and oxygen atoms in total. The number of aromatic nitrogens is 2.